The molecule has 5 nitrogen and oxygen atoms in total. The fourth-order valence-electron chi connectivity index (χ4n) is 2.42. The van der Waals surface area contributed by atoms with Gasteiger partial charge in [-0.25, -0.2) is 14.0 Å². The minimum atomic E-state index is -1.55. The van der Waals surface area contributed by atoms with Crippen molar-refractivity contribution in [2.75, 3.05) is 13.7 Å². The lowest BCUT2D eigenvalue weighted by Crippen LogP contribution is -2.44. The van der Waals surface area contributed by atoms with E-state index in [-0.39, 0.29) is 13.0 Å². The second-order valence-corrected chi connectivity index (χ2v) is 6.25. The Morgan fingerprint density at radius 1 is 1.40 bits per heavy atom. The number of carbonyl (C=O) groups is 2. The van der Waals surface area contributed by atoms with Gasteiger partial charge in [-0.1, -0.05) is 13.3 Å². The topological polar surface area (TPSA) is 55.8 Å². The summed E-state index contributed by atoms with van der Waals surface area (Å²) in [7, 11) is 1.23. The van der Waals surface area contributed by atoms with E-state index in [0.717, 1.165) is 4.90 Å². The summed E-state index contributed by atoms with van der Waals surface area (Å²) in [5.41, 5.74) is -2.24. The number of rotatable bonds is 3. The van der Waals surface area contributed by atoms with E-state index in [2.05, 4.69) is 4.74 Å². The van der Waals surface area contributed by atoms with E-state index in [1.807, 2.05) is 6.92 Å². The van der Waals surface area contributed by atoms with Crippen LogP contribution in [-0.2, 0) is 14.3 Å². The van der Waals surface area contributed by atoms with Crippen molar-refractivity contribution < 1.29 is 23.5 Å². The number of carbonyl (C=O) groups excluding carboxylic acids is 2. The Hall–Kier alpha value is -1.33. The van der Waals surface area contributed by atoms with Gasteiger partial charge in [0.15, 0.2) is 0 Å². The van der Waals surface area contributed by atoms with Gasteiger partial charge in [0.1, 0.15) is 17.3 Å². The molecule has 1 amide bonds. The van der Waals surface area contributed by atoms with Gasteiger partial charge in [0.05, 0.1) is 13.7 Å². The van der Waals surface area contributed by atoms with Crippen molar-refractivity contribution in [2.45, 2.75) is 64.3 Å². The highest BCUT2D eigenvalue weighted by Crippen LogP contribution is 2.35. The molecule has 20 heavy (non-hydrogen) atoms. The Kier molecular flexibility index (Phi) is 5.00. The largest absolute Gasteiger partial charge is 0.467 e. The summed E-state index contributed by atoms with van der Waals surface area (Å²) < 4.78 is 24.5. The maximum atomic E-state index is 14.6. The van der Waals surface area contributed by atoms with Gasteiger partial charge in [0.25, 0.3) is 0 Å². The monoisotopic (exact) mass is 289 g/mol. The fraction of sp³-hybridized carbons (Fsp3) is 0.857. The lowest BCUT2D eigenvalue weighted by atomic mass is 9.97. The van der Waals surface area contributed by atoms with Gasteiger partial charge >= 0.3 is 12.1 Å². The molecular weight excluding hydrogens is 265 g/mol. The van der Waals surface area contributed by atoms with Gasteiger partial charge in [-0.05, 0) is 27.2 Å². The number of nitrogens with zero attached hydrogens (tertiary/aromatic N) is 1. The van der Waals surface area contributed by atoms with Crippen LogP contribution in [0.15, 0.2) is 0 Å². The summed E-state index contributed by atoms with van der Waals surface area (Å²) in [6.07, 6.45) is 0.238. The fourth-order valence-corrected chi connectivity index (χ4v) is 2.42. The van der Waals surface area contributed by atoms with E-state index >= 15 is 0 Å². The van der Waals surface area contributed by atoms with Gasteiger partial charge in [-0.2, -0.15) is 0 Å². The minimum Gasteiger partial charge on any atom is -0.467 e. The molecule has 0 radical (unpaired) electrons. The molecule has 0 spiro atoms. The third-order valence-corrected chi connectivity index (χ3v) is 3.19. The van der Waals surface area contributed by atoms with E-state index < -0.39 is 29.4 Å². The van der Waals surface area contributed by atoms with Gasteiger partial charge < -0.3 is 9.47 Å². The molecule has 1 aliphatic heterocycles. The smallest absolute Gasteiger partial charge is 0.411 e. The van der Waals surface area contributed by atoms with Crippen LogP contribution < -0.4 is 0 Å². The van der Waals surface area contributed by atoms with Crippen molar-refractivity contribution in [1.82, 2.24) is 4.90 Å². The number of halogens is 1. The molecule has 0 N–H and O–H groups in total. The zero-order valence-corrected chi connectivity index (χ0v) is 12.9. The summed E-state index contributed by atoms with van der Waals surface area (Å²) in [6.45, 7) is 6.91. The van der Waals surface area contributed by atoms with Crippen LogP contribution in [0, 0.1) is 0 Å². The first-order valence-corrected chi connectivity index (χ1v) is 6.88. The Labute approximate surface area is 119 Å². The maximum Gasteiger partial charge on any atom is 0.411 e. The molecule has 6 heteroatoms. The highest BCUT2D eigenvalue weighted by atomic mass is 19.1. The predicted molar refractivity (Wildman–Crippen MR) is 72.1 cm³/mol. The first kappa shape index (κ1) is 16.7. The Morgan fingerprint density at radius 3 is 2.45 bits per heavy atom. The molecule has 1 heterocycles. The van der Waals surface area contributed by atoms with Crippen molar-refractivity contribution in [2.24, 2.45) is 0 Å². The molecule has 1 aliphatic rings. The quantitative estimate of drug-likeness (QED) is 0.750. The Morgan fingerprint density at radius 2 is 2.00 bits per heavy atom. The number of hydrogen-bond acceptors (Lipinski definition) is 4. The van der Waals surface area contributed by atoms with Crippen molar-refractivity contribution in [1.29, 1.82) is 0 Å². The maximum absolute atomic E-state index is 14.6. The second-order valence-electron chi connectivity index (χ2n) is 6.25. The first-order chi connectivity index (χ1) is 9.12. The number of methoxy groups -OCH3 is 1. The average molecular weight is 289 g/mol. The SMILES string of the molecule is CCCC1(F)C[C@@H](C(=O)OC)N(C(=O)OC(C)(C)C)C1. The van der Waals surface area contributed by atoms with Gasteiger partial charge in [-0.15, -0.1) is 0 Å². The molecule has 0 saturated carbocycles. The lowest BCUT2D eigenvalue weighted by Gasteiger charge is -2.27. The molecule has 0 bridgehead atoms. The minimum absolute atomic E-state index is 0.0350. The number of amides is 1. The number of hydrogen-bond donors (Lipinski definition) is 0. The summed E-state index contributed by atoms with van der Waals surface area (Å²) >= 11 is 0. The van der Waals surface area contributed by atoms with Crippen LogP contribution in [0.3, 0.4) is 0 Å². The number of esters is 1. The Bertz CT molecular complexity index is 380. The van der Waals surface area contributed by atoms with Crippen molar-refractivity contribution in [3.63, 3.8) is 0 Å². The third-order valence-electron chi connectivity index (χ3n) is 3.19. The van der Waals surface area contributed by atoms with Crippen LogP contribution in [0.5, 0.6) is 0 Å². The molecule has 116 valence electrons. The second kappa shape index (κ2) is 5.97. The summed E-state index contributed by atoms with van der Waals surface area (Å²) in [5.74, 6) is -0.605. The molecule has 0 aromatic rings. The number of alkyl halides is 1. The van der Waals surface area contributed by atoms with Crippen LogP contribution in [0.4, 0.5) is 9.18 Å². The van der Waals surface area contributed by atoms with Crippen molar-refractivity contribution in [3.05, 3.63) is 0 Å². The first-order valence-electron chi connectivity index (χ1n) is 6.88. The van der Waals surface area contributed by atoms with E-state index in [4.69, 9.17) is 4.74 Å². The van der Waals surface area contributed by atoms with Crippen LogP contribution in [0.2, 0.25) is 0 Å². The summed E-state index contributed by atoms with van der Waals surface area (Å²) in [4.78, 5) is 25.0. The highest BCUT2D eigenvalue weighted by molar-refractivity contribution is 5.82. The lowest BCUT2D eigenvalue weighted by molar-refractivity contribution is -0.145. The van der Waals surface area contributed by atoms with E-state index in [0.29, 0.717) is 12.8 Å². The number of likely N-dealkylation sites (tertiary alicyclic amines) is 1. The summed E-state index contributed by atoms with van der Waals surface area (Å²) in [6, 6.07) is -0.911. The van der Waals surface area contributed by atoms with E-state index in [9.17, 15) is 14.0 Å². The van der Waals surface area contributed by atoms with Gasteiger partial charge in [0, 0.05) is 6.42 Å². The van der Waals surface area contributed by atoms with Crippen LogP contribution in [-0.4, -0.2) is 47.9 Å². The van der Waals surface area contributed by atoms with E-state index in [1.165, 1.54) is 7.11 Å². The Balaban J connectivity index is 2.90. The highest BCUT2D eigenvalue weighted by Gasteiger charge is 2.50. The van der Waals surface area contributed by atoms with Crippen molar-refractivity contribution >= 4 is 12.1 Å². The molecule has 1 fully saturated rings. The van der Waals surface area contributed by atoms with Crippen molar-refractivity contribution in [3.8, 4) is 0 Å². The standard InChI is InChI=1S/C14H24FNO4/c1-6-7-14(15)8-10(11(17)19-5)16(9-14)12(18)20-13(2,3)4/h10H,6-9H2,1-5H3/t10-,14?/m0/s1. The molecule has 0 aromatic carbocycles. The summed E-state index contributed by atoms with van der Waals surface area (Å²) in [5, 5.41) is 0. The van der Waals surface area contributed by atoms with E-state index in [1.54, 1.807) is 20.8 Å². The normalized spacial score (nSPS) is 26.5. The molecule has 1 saturated heterocycles. The molecule has 0 aromatic heterocycles. The molecule has 1 unspecified atom stereocenters. The molecule has 2 atom stereocenters. The van der Waals surface area contributed by atoms with Gasteiger partial charge in [-0.3, -0.25) is 4.90 Å². The van der Waals surface area contributed by atoms with Crippen LogP contribution in [0.25, 0.3) is 0 Å². The van der Waals surface area contributed by atoms with Crippen LogP contribution in [0.1, 0.15) is 47.0 Å². The van der Waals surface area contributed by atoms with Gasteiger partial charge in [0.2, 0.25) is 0 Å². The third kappa shape index (κ3) is 4.08. The molecular formula is C14H24FNO4. The zero-order chi connectivity index (χ0) is 15.6. The zero-order valence-electron chi connectivity index (χ0n) is 12.9. The predicted octanol–water partition coefficient (Wildman–Crippen LogP) is 2.68. The molecule has 1 rings (SSSR count). The van der Waals surface area contributed by atoms with Crippen LogP contribution >= 0.6 is 0 Å². The average Bonchev–Trinajstić information content (AvgIpc) is 2.65. The number of ether oxygens (including phenoxy) is 2. The molecule has 0 aliphatic carbocycles.